The largest absolute Gasteiger partial charge is 0.481 e. The van der Waals surface area contributed by atoms with Crippen LogP contribution in [0.2, 0.25) is 0 Å². The molecule has 1 amide bonds. The highest BCUT2D eigenvalue weighted by atomic mass is 16.4. The van der Waals surface area contributed by atoms with Gasteiger partial charge in [0.1, 0.15) is 0 Å². The number of carboxylic acids is 1. The Hall–Kier alpha value is -2.56. The Balaban J connectivity index is 1.95. The summed E-state index contributed by atoms with van der Waals surface area (Å²) < 4.78 is 2.10. The smallest absolute Gasteiger partial charge is 0.308 e. The summed E-state index contributed by atoms with van der Waals surface area (Å²) in [5, 5.41) is 9.14. The average molecular weight is 340 g/mol. The molecule has 1 N–H and O–H groups in total. The van der Waals surface area contributed by atoms with Crippen molar-refractivity contribution in [1.29, 1.82) is 0 Å². The van der Waals surface area contributed by atoms with Crippen molar-refractivity contribution in [3.8, 4) is 5.69 Å². The van der Waals surface area contributed by atoms with Crippen LogP contribution in [0.3, 0.4) is 0 Å². The molecule has 0 bridgehead atoms. The molecule has 5 nitrogen and oxygen atoms in total. The fourth-order valence-corrected chi connectivity index (χ4v) is 3.77. The molecule has 3 rings (SSSR count). The molecular formula is C20H24N2O3. The molecule has 2 heterocycles. The molecule has 1 unspecified atom stereocenters. The summed E-state index contributed by atoms with van der Waals surface area (Å²) in [5.74, 6) is -1.35. The minimum Gasteiger partial charge on any atom is -0.481 e. The van der Waals surface area contributed by atoms with Crippen molar-refractivity contribution in [2.45, 2.75) is 34.1 Å². The number of nitrogens with zero attached hydrogens (tertiary/aromatic N) is 2. The van der Waals surface area contributed by atoms with Crippen LogP contribution in [0.4, 0.5) is 0 Å². The number of carbonyl (C=O) groups is 2. The number of hydrogen-bond donors (Lipinski definition) is 1. The van der Waals surface area contributed by atoms with Gasteiger partial charge < -0.3 is 14.6 Å². The van der Waals surface area contributed by atoms with Gasteiger partial charge in [-0.1, -0.05) is 6.07 Å². The van der Waals surface area contributed by atoms with E-state index in [2.05, 4.69) is 36.6 Å². The summed E-state index contributed by atoms with van der Waals surface area (Å²) in [5.41, 5.74) is 5.96. The molecule has 1 aliphatic rings. The summed E-state index contributed by atoms with van der Waals surface area (Å²) in [6.45, 7) is 8.86. The van der Waals surface area contributed by atoms with E-state index in [1.54, 1.807) is 4.90 Å². The van der Waals surface area contributed by atoms with Gasteiger partial charge in [-0.25, -0.2) is 0 Å². The molecule has 25 heavy (non-hydrogen) atoms. The number of carbonyl (C=O) groups excluding carboxylic acids is 1. The predicted molar refractivity (Wildman–Crippen MR) is 96.4 cm³/mol. The molecule has 0 radical (unpaired) electrons. The number of benzene rings is 1. The third-order valence-electron chi connectivity index (χ3n) is 4.95. The van der Waals surface area contributed by atoms with Crippen LogP contribution in [-0.2, 0) is 4.79 Å². The van der Waals surface area contributed by atoms with Crippen LogP contribution in [0, 0.1) is 33.6 Å². The standard InChI is InChI=1S/C20H24N2O3/c1-12-7-13(2)9-17(8-12)22-14(3)10-18(15(22)4)19(23)21-6-5-16(11-21)20(24)25/h7-10,16H,5-6,11H2,1-4H3,(H,24,25). The predicted octanol–water partition coefficient (Wildman–Crippen LogP) is 3.26. The van der Waals surface area contributed by atoms with Crippen LogP contribution in [-0.4, -0.2) is 39.5 Å². The number of amides is 1. The average Bonchev–Trinajstić information content (AvgIpc) is 3.11. The van der Waals surface area contributed by atoms with Gasteiger partial charge in [0.05, 0.1) is 11.5 Å². The summed E-state index contributed by atoms with van der Waals surface area (Å²) in [7, 11) is 0. The zero-order valence-corrected chi connectivity index (χ0v) is 15.2. The first-order valence-electron chi connectivity index (χ1n) is 8.57. The van der Waals surface area contributed by atoms with Crippen LogP contribution in [0.15, 0.2) is 24.3 Å². The molecule has 1 aromatic heterocycles. The molecule has 132 valence electrons. The van der Waals surface area contributed by atoms with Crippen molar-refractivity contribution in [2.75, 3.05) is 13.1 Å². The number of hydrogen-bond acceptors (Lipinski definition) is 2. The van der Waals surface area contributed by atoms with Gasteiger partial charge in [-0.3, -0.25) is 9.59 Å². The maximum atomic E-state index is 12.9. The third kappa shape index (κ3) is 3.18. The number of aliphatic carboxylic acids is 1. The molecule has 1 aromatic carbocycles. The monoisotopic (exact) mass is 340 g/mol. The van der Waals surface area contributed by atoms with Crippen LogP contribution >= 0.6 is 0 Å². The Bertz CT molecular complexity index is 831. The van der Waals surface area contributed by atoms with Crippen molar-refractivity contribution in [2.24, 2.45) is 5.92 Å². The first kappa shape index (κ1) is 17.3. The summed E-state index contributed by atoms with van der Waals surface area (Å²) in [6, 6.07) is 8.25. The maximum absolute atomic E-state index is 12.9. The van der Waals surface area contributed by atoms with E-state index in [9.17, 15) is 9.59 Å². The second-order valence-corrected chi connectivity index (χ2v) is 7.04. The topological polar surface area (TPSA) is 62.5 Å². The summed E-state index contributed by atoms with van der Waals surface area (Å²) >= 11 is 0. The number of rotatable bonds is 3. The highest BCUT2D eigenvalue weighted by Crippen LogP contribution is 2.26. The first-order valence-corrected chi connectivity index (χ1v) is 8.57. The van der Waals surface area contributed by atoms with Gasteiger partial charge in [-0.2, -0.15) is 0 Å². The van der Waals surface area contributed by atoms with Gasteiger partial charge in [-0.15, -0.1) is 0 Å². The van der Waals surface area contributed by atoms with Gasteiger partial charge >= 0.3 is 5.97 Å². The van der Waals surface area contributed by atoms with Crippen molar-refractivity contribution in [1.82, 2.24) is 9.47 Å². The van der Waals surface area contributed by atoms with Gasteiger partial charge in [0.15, 0.2) is 0 Å². The van der Waals surface area contributed by atoms with E-state index in [4.69, 9.17) is 5.11 Å². The van der Waals surface area contributed by atoms with Crippen LogP contribution < -0.4 is 0 Å². The maximum Gasteiger partial charge on any atom is 0.308 e. The van der Waals surface area contributed by atoms with Gasteiger partial charge in [0.25, 0.3) is 5.91 Å². The van der Waals surface area contributed by atoms with Gasteiger partial charge in [-0.05, 0) is 63.4 Å². The van der Waals surface area contributed by atoms with E-state index in [1.165, 1.54) is 11.1 Å². The van der Waals surface area contributed by atoms with Crippen LogP contribution in [0.1, 0.15) is 39.3 Å². The normalized spacial score (nSPS) is 17.1. The Morgan fingerprint density at radius 2 is 1.68 bits per heavy atom. The lowest BCUT2D eigenvalue weighted by atomic mass is 10.1. The minimum atomic E-state index is -0.823. The molecule has 1 fully saturated rings. The number of likely N-dealkylation sites (tertiary alicyclic amines) is 1. The Labute approximate surface area is 147 Å². The lowest BCUT2D eigenvalue weighted by molar-refractivity contribution is -0.141. The zero-order chi connectivity index (χ0) is 18.3. The lowest BCUT2D eigenvalue weighted by Gasteiger charge is -2.16. The Kier molecular flexibility index (Phi) is 4.41. The minimum absolute atomic E-state index is 0.0764. The second kappa shape index (κ2) is 6.39. The number of aromatic nitrogens is 1. The van der Waals surface area contributed by atoms with E-state index < -0.39 is 11.9 Å². The number of aryl methyl sites for hydroxylation is 3. The molecule has 0 saturated carbocycles. The SMILES string of the molecule is Cc1cc(C)cc(-n2c(C)cc(C(=O)N3CCC(C(=O)O)C3)c2C)c1. The van der Waals surface area contributed by atoms with Crippen LogP contribution in [0.5, 0.6) is 0 Å². The number of carboxylic acid groups (broad SMARTS) is 1. The first-order chi connectivity index (χ1) is 11.8. The lowest BCUT2D eigenvalue weighted by Crippen LogP contribution is -2.30. The Morgan fingerprint density at radius 3 is 2.24 bits per heavy atom. The van der Waals surface area contributed by atoms with Gasteiger partial charge in [0.2, 0.25) is 0 Å². The van der Waals surface area contributed by atoms with E-state index in [1.807, 2.05) is 19.9 Å². The zero-order valence-electron chi connectivity index (χ0n) is 15.2. The van der Waals surface area contributed by atoms with Crippen LogP contribution in [0.25, 0.3) is 5.69 Å². The Morgan fingerprint density at radius 1 is 1.04 bits per heavy atom. The fraction of sp³-hybridized carbons (Fsp3) is 0.400. The molecule has 5 heteroatoms. The third-order valence-corrected chi connectivity index (χ3v) is 4.95. The molecular weight excluding hydrogens is 316 g/mol. The summed E-state index contributed by atoms with van der Waals surface area (Å²) in [6.07, 6.45) is 0.525. The van der Waals surface area contributed by atoms with E-state index >= 15 is 0 Å². The second-order valence-electron chi connectivity index (χ2n) is 7.04. The molecule has 1 saturated heterocycles. The van der Waals surface area contributed by atoms with Crippen molar-refractivity contribution in [3.63, 3.8) is 0 Å². The highest BCUT2D eigenvalue weighted by Gasteiger charge is 2.32. The quantitative estimate of drug-likeness (QED) is 0.933. The molecule has 0 spiro atoms. The van der Waals surface area contributed by atoms with E-state index in [0.29, 0.717) is 25.1 Å². The molecule has 0 aliphatic carbocycles. The molecule has 1 atom stereocenters. The van der Waals surface area contributed by atoms with Crippen molar-refractivity contribution in [3.05, 3.63) is 52.3 Å². The van der Waals surface area contributed by atoms with Crippen molar-refractivity contribution >= 4 is 11.9 Å². The van der Waals surface area contributed by atoms with E-state index in [-0.39, 0.29) is 5.91 Å². The highest BCUT2D eigenvalue weighted by molar-refractivity contribution is 5.96. The van der Waals surface area contributed by atoms with E-state index in [0.717, 1.165) is 17.1 Å². The van der Waals surface area contributed by atoms with Gasteiger partial charge in [0, 0.05) is 30.2 Å². The fourth-order valence-electron chi connectivity index (χ4n) is 3.77. The molecule has 2 aromatic rings. The molecule has 1 aliphatic heterocycles. The summed E-state index contributed by atoms with van der Waals surface area (Å²) in [4.78, 5) is 25.7. The van der Waals surface area contributed by atoms with Crippen molar-refractivity contribution < 1.29 is 14.7 Å².